The lowest BCUT2D eigenvalue weighted by molar-refractivity contribution is -0.137. The van der Waals surface area contributed by atoms with Crippen LogP contribution in [0, 0.1) is 0 Å². The molecule has 0 aliphatic heterocycles. The van der Waals surface area contributed by atoms with E-state index in [9.17, 15) is 4.79 Å². The Labute approximate surface area is 112 Å². The van der Waals surface area contributed by atoms with E-state index in [1.165, 1.54) is 25.7 Å². The number of carboxylic acid groups (broad SMARTS) is 1. The number of benzene rings is 1. The summed E-state index contributed by atoms with van der Waals surface area (Å²) in [5.74, 6) is 0.167. The van der Waals surface area contributed by atoms with E-state index in [0.717, 1.165) is 16.9 Å². The number of para-hydroxylation sites is 2. The molecule has 1 aliphatic carbocycles. The zero-order chi connectivity index (χ0) is 13.2. The maximum Gasteiger partial charge on any atom is 0.303 e. The molecular weight excluding hydrogens is 240 g/mol. The normalized spacial score (nSPS) is 16.2. The Bertz CT molecular complexity index is 597. The molecule has 4 nitrogen and oxygen atoms in total. The fourth-order valence-corrected chi connectivity index (χ4v) is 3.06. The Hall–Kier alpha value is -1.84. The van der Waals surface area contributed by atoms with Gasteiger partial charge in [0.15, 0.2) is 0 Å². The van der Waals surface area contributed by atoms with Crippen LogP contribution >= 0.6 is 0 Å². The van der Waals surface area contributed by atoms with Crippen LogP contribution in [-0.4, -0.2) is 20.6 Å². The highest BCUT2D eigenvalue weighted by molar-refractivity contribution is 5.76. The minimum Gasteiger partial charge on any atom is -0.481 e. The van der Waals surface area contributed by atoms with E-state index >= 15 is 0 Å². The van der Waals surface area contributed by atoms with Gasteiger partial charge < -0.3 is 9.67 Å². The first kappa shape index (κ1) is 12.2. The average molecular weight is 258 g/mol. The first-order valence-corrected chi connectivity index (χ1v) is 6.93. The number of aryl methyl sites for hydroxylation is 1. The second-order valence-electron chi connectivity index (χ2n) is 5.22. The number of rotatable bonds is 4. The number of hydrogen-bond acceptors (Lipinski definition) is 2. The molecular formula is C15H18N2O2. The lowest BCUT2D eigenvalue weighted by Gasteiger charge is -2.16. The van der Waals surface area contributed by atoms with Crippen molar-refractivity contribution < 1.29 is 9.90 Å². The highest BCUT2D eigenvalue weighted by Crippen LogP contribution is 2.33. The highest BCUT2D eigenvalue weighted by atomic mass is 16.4. The summed E-state index contributed by atoms with van der Waals surface area (Å²) in [7, 11) is 0. The first-order chi connectivity index (χ1) is 9.25. The maximum absolute atomic E-state index is 10.8. The number of aromatic nitrogens is 2. The lowest BCUT2D eigenvalue weighted by atomic mass is 10.2. The summed E-state index contributed by atoms with van der Waals surface area (Å²) in [4.78, 5) is 15.4. The molecule has 0 amide bonds. The van der Waals surface area contributed by atoms with Gasteiger partial charge in [0.1, 0.15) is 5.82 Å². The van der Waals surface area contributed by atoms with E-state index in [2.05, 4.69) is 15.6 Å². The van der Waals surface area contributed by atoms with Gasteiger partial charge in [-0.25, -0.2) is 4.98 Å². The third kappa shape index (κ3) is 2.35. The van der Waals surface area contributed by atoms with Crippen LogP contribution in [0.25, 0.3) is 11.0 Å². The molecule has 1 aromatic heterocycles. The predicted octanol–water partition coefficient (Wildman–Crippen LogP) is 3.17. The van der Waals surface area contributed by atoms with E-state index in [-0.39, 0.29) is 6.42 Å². The summed E-state index contributed by atoms with van der Waals surface area (Å²) in [5, 5.41) is 8.87. The quantitative estimate of drug-likeness (QED) is 0.916. The second kappa shape index (κ2) is 5.03. The number of fused-ring (bicyclic) bond motifs is 1. The first-order valence-electron chi connectivity index (χ1n) is 6.93. The van der Waals surface area contributed by atoms with Crippen LogP contribution in [0.3, 0.4) is 0 Å². The number of imidazole rings is 1. The summed E-state index contributed by atoms with van der Waals surface area (Å²) in [6, 6.07) is 8.60. The minimum absolute atomic E-state index is 0.149. The van der Waals surface area contributed by atoms with Crippen molar-refractivity contribution in [1.29, 1.82) is 0 Å². The summed E-state index contributed by atoms with van der Waals surface area (Å²) >= 11 is 0. The molecule has 0 radical (unpaired) electrons. The molecule has 3 rings (SSSR count). The zero-order valence-electron chi connectivity index (χ0n) is 10.9. The molecule has 0 atom stereocenters. The van der Waals surface area contributed by atoms with Crippen molar-refractivity contribution in [2.24, 2.45) is 0 Å². The van der Waals surface area contributed by atoms with Crippen molar-refractivity contribution >= 4 is 17.0 Å². The average Bonchev–Trinajstić information content (AvgIpc) is 3.02. The van der Waals surface area contributed by atoms with Gasteiger partial charge >= 0.3 is 5.97 Å². The van der Waals surface area contributed by atoms with Crippen LogP contribution < -0.4 is 0 Å². The van der Waals surface area contributed by atoms with E-state index in [4.69, 9.17) is 5.11 Å². The van der Waals surface area contributed by atoms with Gasteiger partial charge in [-0.1, -0.05) is 25.0 Å². The van der Waals surface area contributed by atoms with Crippen LogP contribution in [0.4, 0.5) is 0 Å². The number of hydrogen-bond donors (Lipinski definition) is 1. The van der Waals surface area contributed by atoms with Gasteiger partial charge in [0.25, 0.3) is 0 Å². The highest BCUT2D eigenvalue weighted by Gasteiger charge is 2.22. The summed E-state index contributed by atoms with van der Waals surface area (Å²) in [6.45, 7) is 0. The van der Waals surface area contributed by atoms with Crippen molar-refractivity contribution in [2.45, 2.75) is 44.6 Å². The second-order valence-corrected chi connectivity index (χ2v) is 5.22. The molecule has 1 fully saturated rings. The molecule has 4 heteroatoms. The largest absolute Gasteiger partial charge is 0.481 e. The minimum atomic E-state index is -0.759. The van der Waals surface area contributed by atoms with E-state index in [0.29, 0.717) is 12.5 Å². The Morgan fingerprint density at radius 2 is 2.05 bits per heavy atom. The molecule has 2 aromatic rings. The van der Waals surface area contributed by atoms with Crippen LogP contribution in [0.1, 0.15) is 44.0 Å². The summed E-state index contributed by atoms with van der Waals surface area (Å²) < 4.78 is 2.28. The molecule has 0 unspecified atom stereocenters. The number of nitrogens with zero attached hydrogens (tertiary/aromatic N) is 2. The van der Waals surface area contributed by atoms with Crippen LogP contribution in [0.2, 0.25) is 0 Å². The molecule has 1 N–H and O–H groups in total. The van der Waals surface area contributed by atoms with Gasteiger partial charge in [-0.2, -0.15) is 0 Å². The van der Waals surface area contributed by atoms with Gasteiger partial charge in [-0.05, 0) is 25.0 Å². The van der Waals surface area contributed by atoms with Gasteiger partial charge in [-0.15, -0.1) is 0 Å². The third-order valence-corrected chi connectivity index (χ3v) is 3.92. The monoisotopic (exact) mass is 258 g/mol. The zero-order valence-corrected chi connectivity index (χ0v) is 10.9. The Kier molecular flexibility index (Phi) is 3.23. The number of carbonyl (C=O) groups is 1. The molecule has 0 bridgehead atoms. The predicted molar refractivity (Wildman–Crippen MR) is 73.2 cm³/mol. The van der Waals surface area contributed by atoms with Crippen LogP contribution in [0.5, 0.6) is 0 Å². The van der Waals surface area contributed by atoms with E-state index < -0.39 is 5.97 Å². The van der Waals surface area contributed by atoms with Crippen molar-refractivity contribution in [3.63, 3.8) is 0 Å². The summed E-state index contributed by atoms with van der Waals surface area (Å²) in [5.41, 5.74) is 2.13. The van der Waals surface area contributed by atoms with Gasteiger partial charge in [-0.3, -0.25) is 4.79 Å². The van der Waals surface area contributed by atoms with E-state index in [1.54, 1.807) is 0 Å². The fourth-order valence-electron chi connectivity index (χ4n) is 3.06. The molecule has 1 heterocycles. The topological polar surface area (TPSA) is 55.1 Å². The SMILES string of the molecule is O=C(O)CCc1nc2ccccc2n1C1CCCC1. The van der Waals surface area contributed by atoms with Crippen molar-refractivity contribution in [1.82, 2.24) is 9.55 Å². The summed E-state index contributed by atoms with van der Waals surface area (Å²) in [6.07, 6.45) is 5.54. The molecule has 1 aliphatic rings. The van der Waals surface area contributed by atoms with Gasteiger partial charge in [0, 0.05) is 12.5 Å². The Balaban J connectivity index is 2.03. The van der Waals surface area contributed by atoms with Crippen molar-refractivity contribution in [3.8, 4) is 0 Å². The Morgan fingerprint density at radius 1 is 1.32 bits per heavy atom. The fraction of sp³-hybridized carbons (Fsp3) is 0.467. The molecule has 0 spiro atoms. The molecule has 1 saturated carbocycles. The Morgan fingerprint density at radius 3 is 2.79 bits per heavy atom. The van der Waals surface area contributed by atoms with E-state index in [1.807, 2.05) is 18.2 Å². The van der Waals surface area contributed by atoms with Gasteiger partial charge in [0.05, 0.1) is 17.5 Å². The van der Waals surface area contributed by atoms with Crippen LogP contribution in [-0.2, 0) is 11.2 Å². The number of aliphatic carboxylic acids is 1. The molecule has 1 aromatic carbocycles. The van der Waals surface area contributed by atoms with Crippen molar-refractivity contribution in [2.75, 3.05) is 0 Å². The number of carboxylic acids is 1. The van der Waals surface area contributed by atoms with Crippen molar-refractivity contribution in [3.05, 3.63) is 30.1 Å². The van der Waals surface area contributed by atoms with Crippen LogP contribution in [0.15, 0.2) is 24.3 Å². The lowest BCUT2D eigenvalue weighted by Crippen LogP contribution is -2.10. The molecule has 0 saturated heterocycles. The smallest absolute Gasteiger partial charge is 0.303 e. The third-order valence-electron chi connectivity index (χ3n) is 3.92. The standard InChI is InChI=1S/C15H18N2O2/c18-15(19)10-9-14-16-12-7-3-4-8-13(12)17(14)11-5-1-2-6-11/h3-4,7-8,11H,1-2,5-6,9-10H2,(H,18,19). The van der Waals surface area contributed by atoms with Gasteiger partial charge in [0.2, 0.25) is 0 Å². The maximum atomic E-state index is 10.8. The molecule has 19 heavy (non-hydrogen) atoms. The molecule has 100 valence electrons.